The Labute approximate surface area is 218 Å². The average molecular weight is 503 g/mol. The summed E-state index contributed by atoms with van der Waals surface area (Å²) in [6, 6.07) is 16.5. The van der Waals surface area contributed by atoms with Gasteiger partial charge in [-0.1, -0.05) is 49.6 Å². The quantitative estimate of drug-likeness (QED) is 0.388. The van der Waals surface area contributed by atoms with E-state index in [2.05, 4.69) is 15.6 Å². The molecule has 0 aliphatic heterocycles. The summed E-state index contributed by atoms with van der Waals surface area (Å²) in [7, 11) is 0. The second-order valence-corrected chi connectivity index (χ2v) is 9.63. The molecule has 1 aromatic heterocycles. The number of pyridine rings is 1. The lowest BCUT2D eigenvalue weighted by molar-refractivity contribution is -0.127. The number of carbonyl (C=O) groups excluding carboxylic acids is 2. The number of nitrogens with zero attached hydrogens (tertiary/aromatic N) is 2. The van der Waals surface area contributed by atoms with E-state index in [1.807, 2.05) is 43.3 Å². The third-order valence-corrected chi connectivity index (χ3v) is 6.91. The highest BCUT2D eigenvalue weighted by atomic mass is 19.1. The fourth-order valence-corrected chi connectivity index (χ4v) is 4.94. The van der Waals surface area contributed by atoms with Gasteiger partial charge in [0.15, 0.2) is 0 Å². The summed E-state index contributed by atoms with van der Waals surface area (Å²) >= 11 is 0. The van der Waals surface area contributed by atoms with Crippen molar-refractivity contribution in [2.45, 2.75) is 57.5 Å². The summed E-state index contributed by atoms with van der Waals surface area (Å²) in [6.07, 6.45) is 9.40. The van der Waals surface area contributed by atoms with E-state index in [9.17, 15) is 14.0 Å². The highest BCUT2D eigenvalue weighted by Crippen LogP contribution is 2.31. The van der Waals surface area contributed by atoms with Crippen LogP contribution < -0.4 is 15.5 Å². The average Bonchev–Trinajstić information content (AvgIpc) is 2.91. The van der Waals surface area contributed by atoms with Gasteiger partial charge >= 0.3 is 0 Å². The van der Waals surface area contributed by atoms with Gasteiger partial charge in [-0.2, -0.15) is 0 Å². The molecule has 1 aliphatic rings. The molecule has 1 saturated carbocycles. The topological polar surface area (TPSA) is 74.3 Å². The van der Waals surface area contributed by atoms with Crippen LogP contribution in [0.15, 0.2) is 73.1 Å². The number of aromatic nitrogens is 1. The van der Waals surface area contributed by atoms with Crippen LogP contribution in [0.5, 0.6) is 0 Å². The van der Waals surface area contributed by atoms with Gasteiger partial charge in [0, 0.05) is 24.1 Å². The maximum atomic E-state index is 14.3. The smallest absolute Gasteiger partial charge is 0.248 e. The zero-order valence-corrected chi connectivity index (χ0v) is 21.3. The molecule has 1 aliphatic carbocycles. The van der Waals surface area contributed by atoms with Crippen LogP contribution in [0.2, 0.25) is 0 Å². The highest BCUT2D eigenvalue weighted by molar-refractivity contribution is 6.02. The molecule has 1 unspecified atom stereocenters. The van der Waals surface area contributed by atoms with Gasteiger partial charge in [-0.3, -0.25) is 19.5 Å². The molecule has 0 saturated heterocycles. The van der Waals surface area contributed by atoms with Crippen molar-refractivity contribution in [3.63, 3.8) is 0 Å². The Morgan fingerprint density at radius 2 is 1.78 bits per heavy atom. The second-order valence-electron chi connectivity index (χ2n) is 9.63. The molecule has 7 heteroatoms. The summed E-state index contributed by atoms with van der Waals surface area (Å²) in [4.78, 5) is 33.1. The van der Waals surface area contributed by atoms with E-state index in [1.54, 1.807) is 24.5 Å². The minimum atomic E-state index is -0.917. The van der Waals surface area contributed by atoms with Crippen molar-refractivity contribution < 1.29 is 14.0 Å². The first kappa shape index (κ1) is 26.5. The zero-order valence-electron chi connectivity index (χ0n) is 21.3. The van der Waals surface area contributed by atoms with E-state index >= 15 is 0 Å². The van der Waals surface area contributed by atoms with Gasteiger partial charge in [0.2, 0.25) is 11.8 Å². The van der Waals surface area contributed by atoms with Crippen LogP contribution in [-0.4, -0.2) is 35.9 Å². The second kappa shape index (κ2) is 13.1. The van der Waals surface area contributed by atoms with Gasteiger partial charge in [-0.05, 0) is 79.8 Å². The molecule has 0 spiro atoms. The summed E-state index contributed by atoms with van der Waals surface area (Å²) in [5.41, 5.74) is 3.09. The number of benzene rings is 2. The van der Waals surface area contributed by atoms with Crippen LogP contribution in [0, 0.1) is 12.7 Å². The van der Waals surface area contributed by atoms with Crippen LogP contribution in [0.1, 0.15) is 54.8 Å². The first-order valence-corrected chi connectivity index (χ1v) is 13.1. The predicted molar refractivity (Wildman–Crippen MR) is 144 cm³/mol. The fourth-order valence-electron chi connectivity index (χ4n) is 4.94. The minimum Gasteiger partial charge on any atom is -0.351 e. The molecule has 1 atom stereocenters. The standard InChI is InChI=1S/C30H35FN4O2/c1-22-8-5-6-13-27(22)29(30(37)34-25-10-3-2-4-11-25)35(26-12-7-9-24(31)20-26)28(36)21-33-19-16-23-14-17-32-18-15-23/h5-9,12-15,17-18,20,25,29,33H,2-4,10-11,16,19,21H2,1H3,(H,34,37). The normalized spacial score (nSPS) is 14.6. The van der Waals surface area contributed by atoms with Gasteiger partial charge in [-0.15, -0.1) is 0 Å². The molecule has 4 rings (SSSR count). The van der Waals surface area contributed by atoms with Crippen molar-refractivity contribution in [2.75, 3.05) is 18.0 Å². The molecule has 0 bridgehead atoms. The van der Waals surface area contributed by atoms with Crippen molar-refractivity contribution in [1.29, 1.82) is 0 Å². The summed E-state index contributed by atoms with van der Waals surface area (Å²) < 4.78 is 14.3. The molecule has 2 amide bonds. The number of halogens is 1. The maximum absolute atomic E-state index is 14.3. The molecule has 6 nitrogen and oxygen atoms in total. The van der Waals surface area contributed by atoms with Crippen LogP contribution in [0.25, 0.3) is 0 Å². The summed E-state index contributed by atoms with van der Waals surface area (Å²) in [5.74, 6) is -1.000. The molecule has 37 heavy (non-hydrogen) atoms. The molecule has 3 aromatic rings. The third kappa shape index (κ3) is 7.23. The molecule has 1 heterocycles. The fraction of sp³-hybridized carbons (Fsp3) is 0.367. The first-order valence-electron chi connectivity index (χ1n) is 13.1. The molecule has 194 valence electrons. The Morgan fingerprint density at radius 3 is 2.51 bits per heavy atom. The van der Waals surface area contributed by atoms with E-state index in [1.165, 1.54) is 23.5 Å². The Morgan fingerprint density at radius 1 is 1.03 bits per heavy atom. The molecular weight excluding hydrogens is 467 g/mol. The predicted octanol–water partition coefficient (Wildman–Crippen LogP) is 4.88. The summed E-state index contributed by atoms with van der Waals surface area (Å²) in [6.45, 7) is 2.52. The number of hydrogen-bond donors (Lipinski definition) is 2. The van der Waals surface area contributed by atoms with Crippen molar-refractivity contribution in [3.8, 4) is 0 Å². The Balaban J connectivity index is 1.61. The monoisotopic (exact) mass is 502 g/mol. The minimum absolute atomic E-state index is 0.0146. The molecule has 0 radical (unpaired) electrons. The lowest BCUT2D eigenvalue weighted by Crippen LogP contribution is -2.49. The zero-order chi connectivity index (χ0) is 26.0. The van der Waals surface area contributed by atoms with E-state index in [0.717, 1.165) is 48.8 Å². The van der Waals surface area contributed by atoms with Gasteiger partial charge < -0.3 is 10.6 Å². The van der Waals surface area contributed by atoms with Crippen LogP contribution in [-0.2, 0) is 16.0 Å². The van der Waals surface area contributed by atoms with Crippen LogP contribution in [0.4, 0.5) is 10.1 Å². The largest absolute Gasteiger partial charge is 0.351 e. The number of rotatable bonds is 10. The Bertz CT molecular complexity index is 1180. The Hall–Kier alpha value is -3.58. The first-order chi connectivity index (χ1) is 18.0. The number of aryl methyl sites for hydroxylation is 1. The van der Waals surface area contributed by atoms with E-state index < -0.39 is 11.9 Å². The van der Waals surface area contributed by atoms with E-state index in [-0.39, 0.29) is 24.4 Å². The molecule has 2 aromatic carbocycles. The van der Waals surface area contributed by atoms with Crippen molar-refractivity contribution in [1.82, 2.24) is 15.6 Å². The van der Waals surface area contributed by atoms with E-state index in [0.29, 0.717) is 12.2 Å². The SMILES string of the molecule is Cc1ccccc1C(C(=O)NC1CCCCC1)N(C(=O)CNCCc1ccncc1)c1cccc(F)c1. The van der Waals surface area contributed by atoms with Crippen molar-refractivity contribution in [2.24, 2.45) is 0 Å². The van der Waals surface area contributed by atoms with Gasteiger partial charge in [-0.25, -0.2) is 4.39 Å². The maximum Gasteiger partial charge on any atom is 0.248 e. The summed E-state index contributed by atoms with van der Waals surface area (Å²) in [5, 5.41) is 6.40. The third-order valence-electron chi connectivity index (χ3n) is 6.91. The lowest BCUT2D eigenvalue weighted by Gasteiger charge is -2.34. The molecule has 2 N–H and O–H groups in total. The number of hydrogen-bond acceptors (Lipinski definition) is 4. The molecular formula is C30H35FN4O2. The number of amides is 2. The van der Waals surface area contributed by atoms with Gasteiger partial charge in [0.25, 0.3) is 0 Å². The number of nitrogens with one attached hydrogen (secondary N) is 2. The van der Waals surface area contributed by atoms with Crippen LogP contribution in [0.3, 0.4) is 0 Å². The van der Waals surface area contributed by atoms with Gasteiger partial charge in [0.05, 0.1) is 6.54 Å². The number of carbonyl (C=O) groups is 2. The van der Waals surface area contributed by atoms with Crippen LogP contribution >= 0.6 is 0 Å². The lowest BCUT2D eigenvalue weighted by atomic mass is 9.93. The molecule has 1 fully saturated rings. The van der Waals surface area contributed by atoms with Crippen molar-refractivity contribution >= 4 is 17.5 Å². The van der Waals surface area contributed by atoms with Gasteiger partial charge in [0.1, 0.15) is 11.9 Å². The van der Waals surface area contributed by atoms with Crippen molar-refractivity contribution in [3.05, 3.63) is 95.6 Å². The highest BCUT2D eigenvalue weighted by Gasteiger charge is 2.34. The Kier molecular flexibility index (Phi) is 9.38. The van der Waals surface area contributed by atoms with E-state index in [4.69, 9.17) is 0 Å². The number of anilines is 1.